The first-order valence-electron chi connectivity index (χ1n) is 6.76. The standard InChI is InChI=1S/C16H19IN2OS/c1-10-7-5-6-8-11(10)21-9-12-18-14(16(2,3)4)13(17)15(20)19-12/h5-8H,9H2,1-4H3,(H,18,19,20). The normalized spacial score (nSPS) is 11.7. The molecule has 0 spiro atoms. The van der Waals surface area contributed by atoms with Gasteiger partial charge in [0.2, 0.25) is 0 Å². The summed E-state index contributed by atoms with van der Waals surface area (Å²) >= 11 is 3.78. The van der Waals surface area contributed by atoms with Crippen molar-refractivity contribution in [3.63, 3.8) is 0 Å². The Labute approximate surface area is 143 Å². The van der Waals surface area contributed by atoms with Crippen LogP contribution in [-0.2, 0) is 11.2 Å². The zero-order valence-electron chi connectivity index (χ0n) is 12.7. The van der Waals surface area contributed by atoms with Crippen LogP contribution in [0.25, 0.3) is 0 Å². The monoisotopic (exact) mass is 414 g/mol. The third-order valence-electron chi connectivity index (χ3n) is 3.08. The number of H-pyrrole nitrogens is 1. The number of nitrogens with one attached hydrogen (secondary N) is 1. The van der Waals surface area contributed by atoms with Gasteiger partial charge < -0.3 is 4.98 Å². The number of aromatic amines is 1. The molecule has 112 valence electrons. The molecule has 0 aliphatic carbocycles. The Balaban J connectivity index is 2.28. The van der Waals surface area contributed by atoms with Gasteiger partial charge in [-0.25, -0.2) is 4.98 Å². The van der Waals surface area contributed by atoms with E-state index in [1.807, 2.05) is 12.1 Å². The molecule has 0 atom stereocenters. The summed E-state index contributed by atoms with van der Waals surface area (Å²) in [6.07, 6.45) is 0. The highest BCUT2D eigenvalue weighted by Gasteiger charge is 2.21. The van der Waals surface area contributed by atoms with Crippen LogP contribution in [0.3, 0.4) is 0 Å². The molecule has 0 aliphatic rings. The van der Waals surface area contributed by atoms with E-state index < -0.39 is 0 Å². The molecule has 0 bridgehead atoms. The Morgan fingerprint density at radius 2 is 1.95 bits per heavy atom. The second-order valence-electron chi connectivity index (χ2n) is 5.98. The lowest BCUT2D eigenvalue weighted by Gasteiger charge is -2.19. The molecule has 2 aromatic rings. The van der Waals surface area contributed by atoms with E-state index in [9.17, 15) is 4.79 Å². The van der Waals surface area contributed by atoms with Crippen LogP contribution >= 0.6 is 34.4 Å². The highest BCUT2D eigenvalue weighted by Crippen LogP contribution is 2.26. The molecule has 2 rings (SSSR count). The second-order valence-corrected chi connectivity index (χ2v) is 8.08. The van der Waals surface area contributed by atoms with Crippen molar-refractivity contribution in [2.45, 2.75) is 43.8 Å². The summed E-state index contributed by atoms with van der Waals surface area (Å²) in [5.74, 6) is 1.40. The molecule has 3 nitrogen and oxygen atoms in total. The van der Waals surface area contributed by atoms with Gasteiger partial charge in [0, 0.05) is 10.3 Å². The van der Waals surface area contributed by atoms with E-state index in [2.05, 4.69) is 72.4 Å². The maximum absolute atomic E-state index is 12.1. The smallest absolute Gasteiger partial charge is 0.264 e. The predicted octanol–water partition coefficient (Wildman–Crippen LogP) is 4.27. The van der Waals surface area contributed by atoms with Crippen LogP contribution in [0, 0.1) is 10.5 Å². The number of nitrogens with zero attached hydrogens (tertiary/aromatic N) is 1. The van der Waals surface area contributed by atoms with Crippen LogP contribution in [0.2, 0.25) is 0 Å². The predicted molar refractivity (Wildman–Crippen MR) is 97.0 cm³/mol. The lowest BCUT2D eigenvalue weighted by molar-refractivity contribution is 0.557. The SMILES string of the molecule is Cc1ccccc1SCc1nc(C(C)(C)C)c(I)c(=O)[nH]1. The number of aromatic nitrogens is 2. The summed E-state index contributed by atoms with van der Waals surface area (Å²) in [4.78, 5) is 20.8. The molecular formula is C16H19IN2OS. The lowest BCUT2D eigenvalue weighted by atomic mass is 9.92. The van der Waals surface area contributed by atoms with Crippen molar-refractivity contribution in [2.24, 2.45) is 0 Å². The largest absolute Gasteiger partial charge is 0.309 e. The fourth-order valence-corrected chi connectivity index (χ4v) is 3.90. The van der Waals surface area contributed by atoms with Crippen LogP contribution in [-0.4, -0.2) is 9.97 Å². The fraction of sp³-hybridized carbons (Fsp3) is 0.375. The maximum atomic E-state index is 12.1. The lowest BCUT2D eigenvalue weighted by Crippen LogP contribution is -2.25. The molecule has 0 unspecified atom stereocenters. The van der Waals surface area contributed by atoms with Gasteiger partial charge in [0.15, 0.2) is 0 Å². The third kappa shape index (κ3) is 4.10. The maximum Gasteiger partial charge on any atom is 0.264 e. The van der Waals surface area contributed by atoms with Gasteiger partial charge in [0.05, 0.1) is 11.4 Å². The van der Waals surface area contributed by atoms with E-state index in [1.54, 1.807) is 11.8 Å². The summed E-state index contributed by atoms with van der Waals surface area (Å²) in [5.41, 5.74) is 1.93. The Kier molecular flexibility index (Phi) is 5.14. The molecule has 0 aliphatic heterocycles. The minimum atomic E-state index is -0.132. The molecule has 1 heterocycles. The first kappa shape index (κ1) is 16.5. The molecule has 0 radical (unpaired) electrons. The average molecular weight is 414 g/mol. The summed E-state index contributed by atoms with van der Waals surface area (Å²) in [7, 11) is 0. The van der Waals surface area contributed by atoms with Gasteiger partial charge in [0.25, 0.3) is 5.56 Å². The van der Waals surface area contributed by atoms with E-state index in [0.29, 0.717) is 9.32 Å². The van der Waals surface area contributed by atoms with E-state index in [4.69, 9.17) is 0 Å². The number of aryl methyl sites for hydroxylation is 1. The molecule has 1 N–H and O–H groups in total. The van der Waals surface area contributed by atoms with Crippen molar-refractivity contribution < 1.29 is 0 Å². The minimum absolute atomic E-state index is 0.0455. The highest BCUT2D eigenvalue weighted by molar-refractivity contribution is 14.1. The number of rotatable bonds is 3. The van der Waals surface area contributed by atoms with Crippen LogP contribution in [0.15, 0.2) is 34.0 Å². The molecule has 0 saturated heterocycles. The Hall–Kier alpha value is -0.820. The average Bonchev–Trinajstić information content (AvgIpc) is 2.40. The van der Waals surface area contributed by atoms with Crippen molar-refractivity contribution in [1.29, 1.82) is 0 Å². The first-order chi connectivity index (χ1) is 9.79. The number of thioether (sulfide) groups is 1. The molecule has 21 heavy (non-hydrogen) atoms. The first-order valence-corrected chi connectivity index (χ1v) is 8.83. The van der Waals surface area contributed by atoms with Crippen molar-refractivity contribution in [2.75, 3.05) is 0 Å². The van der Waals surface area contributed by atoms with Crippen molar-refractivity contribution in [3.8, 4) is 0 Å². The van der Waals surface area contributed by atoms with E-state index in [1.165, 1.54) is 10.5 Å². The molecule has 1 aromatic carbocycles. The number of halogens is 1. The van der Waals surface area contributed by atoms with Crippen LogP contribution < -0.4 is 5.56 Å². The van der Waals surface area contributed by atoms with Crippen LogP contribution in [0.1, 0.15) is 37.9 Å². The fourth-order valence-electron chi connectivity index (χ4n) is 1.94. The number of benzene rings is 1. The quantitative estimate of drug-likeness (QED) is 0.603. The van der Waals surface area contributed by atoms with Crippen LogP contribution in [0.4, 0.5) is 0 Å². The number of hydrogen-bond acceptors (Lipinski definition) is 3. The van der Waals surface area contributed by atoms with E-state index in [0.717, 1.165) is 11.5 Å². The highest BCUT2D eigenvalue weighted by atomic mass is 127. The summed E-state index contributed by atoms with van der Waals surface area (Å²) in [6.45, 7) is 8.33. The van der Waals surface area contributed by atoms with Crippen molar-refractivity contribution in [1.82, 2.24) is 9.97 Å². The molecule has 0 saturated carbocycles. The van der Waals surface area contributed by atoms with Gasteiger partial charge in [-0.15, -0.1) is 11.8 Å². The zero-order chi connectivity index (χ0) is 15.6. The van der Waals surface area contributed by atoms with E-state index in [-0.39, 0.29) is 11.0 Å². The molecule has 5 heteroatoms. The Morgan fingerprint density at radius 3 is 2.57 bits per heavy atom. The number of hydrogen-bond donors (Lipinski definition) is 1. The van der Waals surface area contributed by atoms with Gasteiger partial charge in [-0.2, -0.15) is 0 Å². The summed E-state index contributed by atoms with van der Waals surface area (Å²) in [6, 6.07) is 8.24. The van der Waals surface area contributed by atoms with Crippen LogP contribution in [0.5, 0.6) is 0 Å². The summed E-state index contributed by atoms with van der Waals surface area (Å²) < 4.78 is 0.685. The Morgan fingerprint density at radius 1 is 1.29 bits per heavy atom. The zero-order valence-corrected chi connectivity index (χ0v) is 15.6. The topological polar surface area (TPSA) is 45.8 Å². The Bertz CT molecular complexity index is 704. The van der Waals surface area contributed by atoms with Gasteiger partial charge >= 0.3 is 0 Å². The molecular weight excluding hydrogens is 395 g/mol. The minimum Gasteiger partial charge on any atom is -0.309 e. The third-order valence-corrected chi connectivity index (χ3v) is 5.27. The van der Waals surface area contributed by atoms with Crippen molar-refractivity contribution in [3.05, 3.63) is 55.3 Å². The van der Waals surface area contributed by atoms with Gasteiger partial charge in [0.1, 0.15) is 9.39 Å². The van der Waals surface area contributed by atoms with Crippen molar-refractivity contribution >= 4 is 34.4 Å². The molecule has 0 amide bonds. The summed E-state index contributed by atoms with van der Waals surface area (Å²) in [5, 5.41) is 0. The van der Waals surface area contributed by atoms with Gasteiger partial charge in [-0.3, -0.25) is 4.79 Å². The molecule has 0 fully saturated rings. The van der Waals surface area contributed by atoms with Gasteiger partial charge in [-0.1, -0.05) is 39.0 Å². The molecule has 1 aromatic heterocycles. The second kappa shape index (κ2) is 6.52. The van der Waals surface area contributed by atoms with Gasteiger partial charge in [-0.05, 0) is 41.1 Å². The van der Waals surface area contributed by atoms with E-state index >= 15 is 0 Å².